The van der Waals surface area contributed by atoms with Crippen LogP contribution in [0.15, 0.2) is 88.2 Å². The smallest absolute Gasteiger partial charge is 0.271 e. The van der Waals surface area contributed by atoms with E-state index < -0.39 is 0 Å². The van der Waals surface area contributed by atoms with E-state index in [1.54, 1.807) is 18.2 Å². The lowest BCUT2D eigenvalue weighted by Gasteiger charge is -2.30. The summed E-state index contributed by atoms with van der Waals surface area (Å²) in [5.74, 6) is 0.169. The fourth-order valence-corrected chi connectivity index (χ4v) is 5.86. The summed E-state index contributed by atoms with van der Waals surface area (Å²) in [6.45, 7) is 0. The van der Waals surface area contributed by atoms with Gasteiger partial charge in [-0.05, 0) is 65.4 Å². The maximum absolute atomic E-state index is 13.6. The maximum Gasteiger partial charge on any atom is 0.271 e. The Labute approximate surface area is 199 Å². The van der Waals surface area contributed by atoms with Crippen LogP contribution in [0.5, 0.6) is 5.75 Å². The van der Waals surface area contributed by atoms with E-state index in [9.17, 15) is 9.90 Å². The molecule has 0 saturated heterocycles. The van der Waals surface area contributed by atoms with Gasteiger partial charge in [-0.2, -0.15) is 0 Å². The van der Waals surface area contributed by atoms with Crippen LogP contribution in [-0.4, -0.2) is 9.67 Å². The molecule has 4 aromatic rings. The third-order valence-corrected chi connectivity index (χ3v) is 7.46. The second kappa shape index (κ2) is 7.87. The summed E-state index contributed by atoms with van der Waals surface area (Å²) < 4.78 is 2.40. The number of rotatable bonds is 2. The van der Waals surface area contributed by atoms with Crippen LogP contribution in [0, 0.1) is 0 Å². The number of halogens is 1. The average Bonchev–Trinajstić information content (AvgIpc) is 3.13. The third kappa shape index (κ3) is 3.45. The number of fused-ring (bicyclic) bond motifs is 3. The van der Waals surface area contributed by atoms with Crippen LogP contribution in [0.3, 0.4) is 0 Å². The van der Waals surface area contributed by atoms with Gasteiger partial charge in [-0.1, -0.05) is 71.5 Å². The normalized spacial score (nSPS) is 17.2. The lowest BCUT2D eigenvalue weighted by atomic mass is 9.83. The monoisotopic (exact) mass is 470 g/mol. The fourth-order valence-electron chi connectivity index (χ4n) is 4.73. The number of aromatic nitrogens is 1. The van der Waals surface area contributed by atoms with Gasteiger partial charge in [0, 0.05) is 10.6 Å². The molecule has 0 bridgehead atoms. The maximum atomic E-state index is 13.6. The lowest BCUT2D eigenvalue weighted by molar-refractivity contribution is 0.475. The van der Waals surface area contributed by atoms with Gasteiger partial charge in [0.2, 0.25) is 0 Å². The Balaban J connectivity index is 1.63. The molecule has 2 aliphatic rings. The Morgan fingerprint density at radius 3 is 2.67 bits per heavy atom. The zero-order valence-electron chi connectivity index (χ0n) is 17.5. The Morgan fingerprint density at radius 1 is 1.03 bits per heavy atom. The molecule has 1 aliphatic heterocycles. The molecular weight excluding hydrogens is 452 g/mol. The van der Waals surface area contributed by atoms with Crippen LogP contribution in [-0.2, 0) is 6.42 Å². The van der Waals surface area contributed by atoms with Crippen molar-refractivity contribution in [3.05, 3.63) is 125 Å². The second-order valence-corrected chi connectivity index (χ2v) is 9.71. The minimum absolute atomic E-state index is 0.0764. The number of aryl methyl sites for hydroxylation is 1. The number of nitrogens with zero attached hydrogens (tertiary/aromatic N) is 2. The fraction of sp³-hybridized carbons (Fsp3) is 0.111. The standard InChI is InChI=1S/C27H19ClN2O2S/c28-19-11-8-18(9-12-19)25-22-13-10-17-5-1-2-7-21(17)24(22)29-27-30(25)26(32)23(33-27)15-16-4-3-6-20(31)14-16/h1-9,11-12,14-15,25,31H,10,13H2/b23-15+/t25-/m0/s1. The van der Waals surface area contributed by atoms with E-state index in [2.05, 4.69) is 18.2 Å². The zero-order valence-corrected chi connectivity index (χ0v) is 19.1. The van der Waals surface area contributed by atoms with Gasteiger partial charge in [-0.25, -0.2) is 4.99 Å². The van der Waals surface area contributed by atoms with E-state index >= 15 is 0 Å². The molecule has 0 saturated carbocycles. The molecule has 0 spiro atoms. The summed E-state index contributed by atoms with van der Waals surface area (Å²) in [6, 6.07) is 22.8. The summed E-state index contributed by atoms with van der Waals surface area (Å²) in [6.07, 6.45) is 3.58. The average molecular weight is 471 g/mol. The highest BCUT2D eigenvalue weighted by Crippen LogP contribution is 2.41. The molecule has 6 rings (SSSR count). The minimum Gasteiger partial charge on any atom is -0.508 e. The number of hydrogen-bond acceptors (Lipinski definition) is 4. The molecule has 1 aliphatic carbocycles. The third-order valence-electron chi connectivity index (χ3n) is 6.23. The molecule has 0 radical (unpaired) electrons. The number of hydrogen-bond donors (Lipinski definition) is 1. The van der Waals surface area contributed by atoms with Gasteiger partial charge < -0.3 is 5.11 Å². The van der Waals surface area contributed by atoms with Crippen LogP contribution < -0.4 is 14.9 Å². The van der Waals surface area contributed by atoms with Crippen molar-refractivity contribution in [1.29, 1.82) is 0 Å². The van der Waals surface area contributed by atoms with Crippen molar-refractivity contribution in [2.45, 2.75) is 18.9 Å². The van der Waals surface area contributed by atoms with E-state index in [1.165, 1.54) is 16.9 Å². The first-order chi connectivity index (χ1) is 16.1. The number of allylic oxidation sites excluding steroid dienone is 1. The van der Waals surface area contributed by atoms with Gasteiger partial charge in [0.05, 0.1) is 16.3 Å². The number of phenols is 1. The predicted octanol–water partition coefficient (Wildman–Crippen LogP) is 4.68. The highest BCUT2D eigenvalue weighted by Gasteiger charge is 2.32. The summed E-state index contributed by atoms with van der Waals surface area (Å²) in [7, 11) is 0. The van der Waals surface area contributed by atoms with Crippen LogP contribution in [0.1, 0.15) is 34.7 Å². The van der Waals surface area contributed by atoms with Gasteiger partial charge >= 0.3 is 0 Å². The van der Waals surface area contributed by atoms with Crippen molar-refractivity contribution in [3.63, 3.8) is 0 Å². The summed E-state index contributed by atoms with van der Waals surface area (Å²) >= 11 is 7.55. The molecule has 4 nitrogen and oxygen atoms in total. The first-order valence-corrected chi connectivity index (χ1v) is 12.0. The molecule has 162 valence electrons. The minimum atomic E-state index is -0.229. The predicted molar refractivity (Wildman–Crippen MR) is 132 cm³/mol. The molecule has 1 atom stereocenters. The van der Waals surface area contributed by atoms with Gasteiger partial charge in [0.1, 0.15) is 5.75 Å². The Morgan fingerprint density at radius 2 is 1.85 bits per heavy atom. The molecule has 33 heavy (non-hydrogen) atoms. The summed E-state index contributed by atoms with van der Waals surface area (Å²) in [5, 5.41) is 10.5. The molecular formula is C27H19ClN2O2S. The highest BCUT2D eigenvalue weighted by molar-refractivity contribution is 7.07. The molecule has 0 amide bonds. The molecule has 1 N–H and O–H groups in total. The number of phenolic OH excluding ortho intramolecular Hbond substituents is 1. The molecule has 6 heteroatoms. The van der Waals surface area contributed by atoms with Crippen molar-refractivity contribution in [2.75, 3.05) is 0 Å². The summed E-state index contributed by atoms with van der Waals surface area (Å²) in [4.78, 5) is 19.3. The quantitative estimate of drug-likeness (QED) is 0.462. The Hall–Kier alpha value is -3.41. The number of aromatic hydroxyl groups is 1. The zero-order chi connectivity index (χ0) is 22.5. The van der Waals surface area contributed by atoms with E-state index in [-0.39, 0.29) is 17.4 Å². The highest BCUT2D eigenvalue weighted by atomic mass is 35.5. The van der Waals surface area contributed by atoms with Crippen molar-refractivity contribution in [2.24, 2.45) is 4.99 Å². The van der Waals surface area contributed by atoms with Crippen LogP contribution in [0.4, 0.5) is 0 Å². The number of benzene rings is 3. The van der Waals surface area contributed by atoms with Crippen molar-refractivity contribution >= 4 is 34.7 Å². The summed E-state index contributed by atoms with van der Waals surface area (Å²) in [5.41, 5.74) is 6.28. The van der Waals surface area contributed by atoms with Gasteiger partial charge in [-0.3, -0.25) is 9.36 Å². The lowest BCUT2D eigenvalue weighted by Crippen LogP contribution is -2.38. The van der Waals surface area contributed by atoms with Gasteiger partial charge in [0.15, 0.2) is 4.80 Å². The van der Waals surface area contributed by atoms with Crippen molar-refractivity contribution in [1.82, 2.24) is 4.57 Å². The van der Waals surface area contributed by atoms with Crippen molar-refractivity contribution in [3.8, 4) is 5.75 Å². The van der Waals surface area contributed by atoms with Crippen LogP contribution >= 0.6 is 22.9 Å². The van der Waals surface area contributed by atoms with E-state index in [4.69, 9.17) is 16.6 Å². The molecule has 1 aromatic heterocycles. The largest absolute Gasteiger partial charge is 0.508 e. The first-order valence-electron chi connectivity index (χ1n) is 10.8. The Bertz CT molecular complexity index is 1610. The second-order valence-electron chi connectivity index (χ2n) is 8.26. The van der Waals surface area contributed by atoms with Gasteiger partial charge in [0.25, 0.3) is 5.56 Å². The Kier molecular flexibility index (Phi) is 4.82. The molecule has 0 fully saturated rings. The van der Waals surface area contributed by atoms with Crippen LogP contribution in [0.25, 0.3) is 11.8 Å². The molecule has 2 heterocycles. The van der Waals surface area contributed by atoms with E-state index in [0.29, 0.717) is 14.4 Å². The number of thiazole rings is 1. The topological polar surface area (TPSA) is 54.6 Å². The molecule has 0 unspecified atom stereocenters. The van der Waals surface area contributed by atoms with E-state index in [1.807, 2.05) is 47.0 Å². The SMILES string of the molecule is O=c1/c(=C\c2cccc(O)c2)sc2n1[C@@H](c1ccc(Cl)cc1)C1=C(N=2)c2ccccc2CC1. The van der Waals surface area contributed by atoms with Gasteiger partial charge in [-0.15, -0.1) is 0 Å². The molecule has 3 aromatic carbocycles. The first kappa shape index (κ1) is 20.2. The van der Waals surface area contributed by atoms with Crippen LogP contribution in [0.2, 0.25) is 5.02 Å². The van der Waals surface area contributed by atoms with E-state index in [0.717, 1.165) is 40.8 Å². The van der Waals surface area contributed by atoms with Crippen molar-refractivity contribution < 1.29 is 5.11 Å².